The van der Waals surface area contributed by atoms with Crippen LogP contribution in [0.2, 0.25) is 0 Å². The van der Waals surface area contributed by atoms with Gasteiger partial charge >= 0.3 is 0 Å². The molecule has 3 aliphatic rings. The summed E-state index contributed by atoms with van der Waals surface area (Å²) in [6.45, 7) is 4.30. The summed E-state index contributed by atoms with van der Waals surface area (Å²) in [5, 5.41) is 9.60. The van der Waals surface area contributed by atoms with Crippen molar-refractivity contribution in [2.24, 2.45) is 5.41 Å². The Morgan fingerprint density at radius 1 is 1.23 bits per heavy atom. The van der Waals surface area contributed by atoms with Crippen LogP contribution in [0.25, 0.3) is 11.3 Å². The summed E-state index contributed by atoms with van der Waals surface area (Å²) in [6, 6.07) is 5.77. The van der Waals surface area contributed by atoms with Crippen molar-refractivity contribution in [3.63, 3.8) is 0 Å². The van der Waals surface area contributed by atoms with Gasteiger partial charge in [-0.2, -0.15) is 4.39 Å². The number of aromatic nitrogens is 2. The van der Waals surface area contributed by atoms with Crippen LogP contribution in [0.4, 0.5) is 8.78 Å². The number of hydrogen-bond donors (Lipinski definition) is 1. The van der Waals surface area contributed by atoms with E-state index in [-0.39, 0.29) is 28.4 Å². The van der Waals surface area contributed by atoms with E-state index >= 15 is 0 Å². The Morgan fingerprint density at radius 2 is 2.00 bits per heavy atom. The van der Waals surface area contributed by atoms with E-state index in [1.165, 1.54) is 25.6 Å². The third-order valence-electron chi connectivity index (χ3n) is 6.17. The SMILES string of the molecule is COc1c([C@@H]2CC(C)(C)CC[C@H]2c2cc(=O)c3cn(O)ccc-3n2)ccc(F)c1F. The van der Waals surface area contributed by atoms with E-state index in [0.29, 0.717) is 22.5 Å². The zero-order valence-electron chi connectivity index (χ0n) is 17.2. The molecule has 0 radical (unpaired) electrons. The summed E-state index contributed by atoms with van der Waals surface area (Å²) in [5.74, 6) is -2.37. The number of pyridine rings is 2. The Bertz CT molecular complexity index is 1130. The standard InChI is InChI=1S/C23H24F2N2O3/c1-23(2)8-6-13(15(11-23)14-4-5-17(24)21(25)22(14)30-3)19-10-20(28)16-12-27(29)9-7-18(16)26-19/h4-5,7,9-10,12-13,15,29H,6,8,11H2,1-3H3/t13-,15-/m1/s1. The predicted molar refractivity (Wildman–Crippen MR) is 108 cm³/mol. The number of halogens is 2. The van der Waals surface area contributed by atoms with Crippen molar-refractivity contribution in [2.75, 3.05) is 7.11 Å². The highest BCUT2D eigenvalue weighted by molar-refractivity contribution is 5.59. The number of benzene rings is 1. The number of fused-ring (bicyclic) bond motifs is 1. The third kappa shape index (κ3) is 3.53. The molecule has 1 aromatic rings. The van der Waals surface area contributed by atoms with E-state index < -0.39 is 11.6 Å². The fourth-order valence-corrected chi connectivity index (χ4v) is 4.65. The van der Waals surface area contributed by atoms with Crippen molar-refractivity contribution in [3.05, 3.63) is 69.8 Å². The molecule has 0 aromatic heterocycles. The maximum atomic E-state index is 14.5. The molecule has 4 rings (SSSR count). The molecule has 0 spiro atoms. The lowest BCUT2D eigenvalue weighted by Gasteiger charge is -2.41. The summed E-state index contributed by atoms with van der Waals surface area (Å²) in [4.78, 5) is 17.4. The maximum Gasteiger partial charge on any atom is 0.200 e. The van der Waals surface area contributed by atoms with Crippen LogP contribution in [-0.2, 0) is 0 Å². The highest BCUT2D eigenvalue weighted by Gasteiger charge is 2.39. The largest absolute Gasteiger partial charge is 0.493 e. The molecule has 7 heteroatoms. The topological polar surface area (TPSA) is 64.3 Å². The summed E-state index contributed by atoms with van der Waals surface area (Å²) in [6.07, 6.45) is 5.13. The van der Waals surface area contributed by atoms with Crippen molar-refractivity contribution in [3.8, 4) is 17.0 Å². The van der Waals surface area contributed by atoms with Crippen molar-refractivity contribution in [1.82, 2.24) is 9.71 Å². The molecule has 0 unspecified atom stereocenters. The van der Waals surface area contributed by atoms with Crippen LogP contribution in [0.3, 0.4) is 0 Å². The van der Waals surface area contributed by atoms with Gasteiger partial charge in [0, 0.05) is 29.4 Å². The Hall–Kier alpha value is -2.96. The second-order valence-electron chi connectivity index (χ2n) is 8.77. The Balaban J connectivity index is 1.86. The highest BCUT2D eigenvalue weighted by Crippen LogP contribution is 2.52. The van der Waals surface area contributed by atoms with E-state index in [1.807, 2.05) is 0 Å². The van der Waals surface area contributed by atoms with Gasteiger partial charge in [-0.25, -0.2) is 9.12 Å². The first-order valence-electron chi connectivity index (χ1n) is 9.94. The molecular weight excluding hydrogens is 390 g/mol. The normalized spacial score (nSPS) is 21.0. The number of rotatable bonds is 3. The van der Waals surface area contributed by atoms with Crippen LogP contribution in [0.15, 0.2) is 41.5 Å². The van der Waals surface area contributed by atoms with Gasteiger partial charge in [0.15, 0.2) is 17.0 Å². The highest BCUT2D eigenvalue weighted by atomic mass is 19.2. The molecule has 1 aromatic carbocycles. The predicted octanol–water partition coefficient (Wildman–Crippen LogP) is 4.95. The van der Waals surface area contributed by atoms with Gasteiger partial charge in [0.25, 0.3) is 0 Å². The molecule has 158 valence electrons. The molecule has 1 N–H and O–H groups in total. The lowest BCUT2D eigenvalue weighted by atomic mass is 9.64. The quantitative estimate of drug-likeness (QED) is 0.616. The van der Waals surface area contributed by atoms with E-state index in [9.17, 15) is 18.8 Å². The Morgan fingerprint density at radius 3 is 2.73 bits per heavy atom. The summed E-state index contributed by atoms with van der Waals surface area (Å²) in [5.41, 5.74) is 1.78. The molecule has 5 nitrogen and oxygen atoms in total. The van der Waals surface area contributed by atoms with Gasteiger partial charge in [0.1, 0.15) is 0 Å². The van der Waals surface area contributed by atoms with Crippen molar-refractivity contribution < 1.29 is 18.7 Å². The second kappa shape index (κ2) is 7.38. The summed E-state index contributed by atoms with van der Waals surface area (Å²) in [7, 11) is 1.33. The van der Waals surface area contributed by atoms with Crippen LogP contribution in [0.5, 0.6) is 5.75 Å². The molecule has 2 aliphatic heterocycles. The monoisotopic (exact) mass is 414 g/mol. The molecule has 30 heavy (non-hydrogen) atoms. The number of ether oxygens (including phenoxy) is 1. The molecule has 1 aliphatic carbocycles. The maximum absolute atomic E-state index is 14.5. The smallest absolute Gasteiger partial charge is 0.200 e. The molecule has 0 bridgehead atoms. The van der Waals surface area contributed by atoms with Crippen LogP contribution in [0.1, 0.15) is 56.2 Å². The molecule has 1 fully saturated rings. The van der Waals surface area contributed by atoms with Gasteiger partial charge in [-0.3, -0.25) is 9.78 Å². The van der Waals surface area contributed by atoms with Gasteiger partial charge in [0.05, 0.1) is 24.6 Å². The fourth-order valence-electron chi connectivity index (χ4n) is 4.65. The Kier molecular flexibility index (Phi) is 5.00. The van der Waals surface area contributed by atoms with Gasteiger partial charge in [0.2, 0.25) is 5.82 Å². The fraction of sp³-hybridized carbons (Fsp3) is 0.391. The molecule has 1 saturated carbocycles. The van der Waals surface area contributed by atoms with Crippen molar-refractivity contribution in [2.45, 2.75) is 44.9 Å². The first kappa shape index (κ1) is 20.3. The molecule has 2 atom stereocenters. The van der Waals surface area contributed by atoms with Crippen LogP contribution in [-0.4, -0.2) is 22.0 Å². The van der Waals surface area contributed by atoms with Crippen molar-refractivity contribution in [1.29, 1.82) is 0 Å². The second-order valence-corrected chi connectivity index (χ2v) is 8.77. The minimum absolute atomic E-state index is 0.00336. The lowest BCUT2D eigenvalue weighted by Crippen LogP contribution is -2.29. The zero-order valence-corrected chi connectivity index (χ0v) is 17.2. The molecule has 2 heterocycles. The van der Waals surface area contributed by atoms with Crippen LogP contribution in [0, 0.1) is 17.0 Å². The van der Waals surface area contributed by atoms with E-state index in [0.717, 1.165) is 30.1 Å². The summed E-state index contributed by atoms with van der Waals surface area (Å²) >= 11 is 0. The summed E-state index contributed by atoms with van der Waals surface area (Å²) < 4.78 is 34.3. The molecule has 0 amide bonds. The van der Waals surface area contributed by atoms with Gasteiger partial charge < -0.3 is 9.94 Å². The van der Waals surface area contributed by atoms with Gasteiger partial charge in [-0.1, -0.05) is 19.9 Å². The minimum atomic E-state index is -0.999. The van der Waals surface area contributed by atoms with E-state index in [2.05, 4.69) is 18.8 Å². The van der Waals surface area contributed by atoms with E-state index in [4.69, 9.17) is 4.74 Å². The first-order chi connectivity index (χ1) is 14.2. The van der Waals surface area contributed by atoms with E-state index in [1.54, 1.807) is 12.1 Å². The number of hydrogen-bond acceptors (Lipinski definition) is 4. The van der Waals surface area contributed by atoms with Crippen molar-refractivity contribution >= 4 is 0 Å². The van der Waals surface area contributed by atoms with Crippen LogP contribution < -0.4 is 10.2 Å². The van der Waals surface area contributed by atoms with Gasteiger partial charge in [-0.15, -0.1) is 0 Å². The third-order valence-corrected chi connectivity index (χ3v) is 6.17. The number of methoxy groups -OCH3 is 1. The Labute approximate surface area is 173 Å². The first-order valence-corrected chi connectivity index (χ1v) is 9.94. The lowest BCUT2D eigenvalue weighted by molar-refractivity contribution is 0.184. The van der Waals surface area contributed by atoms with Gasteiger partial charge in [-0.05, 0) is 42.7 Å². The zero-order chi connectivity index (χ0) is 21.6. The average molecular weight is 414 g/mol. The molecule has 0 saturated heterocycles. The number of nitrogens with zero attached hydrogens (tertiary/aromatic N) is 2. The minimum Gasteiger partial charge on any atom is -0.493 e. The average Bonchev–Trinajstić information content (AvgIpc) is 2.69. The molecular formula is C23H24F2N2O3. The van der Waals surface area contributed by atoms with Crippen LogP contribution >= 0.6 is 0 Å².